The molecule has 13 heteroatoms. The first-order valence-electron chi connectivity index (χ1n) is 21.6. The summed E-state index contributed by atoms with van der Waals surface area (Å²) in [5, 5.41) is 19.0. The Morgan fingerprint density at radius 3 is 1.63 bits per heavy atom. The molecule has 3 unspecified atom stereocenters. The van der Waals surface area contributed by atoms with E-state index in [-0.39, 0.29) is 45.3 Å². The molecule has 2 aromatic carbocycles. The lowest BCUT2D eigenvalue weighted by Gasteiger charge is -2.35. The second-order valence-corrected chi connectivity index (χ2v) is 18.9. The van der Waals surface area contributed by atoms with E-state index in [4.69, 9.17) is 47.4 Å². The lowest BCUT2D eigenvalue weighted by atomic mass is 9.72. The van der Waals surface area contributed by atoms with Gasteiger partial charge in [0.25, 0.3) is 0 Å². The molecule has 6 rings (SSSR count). The fourth-order valence-electron chi connectivity index (χ4n) is 7.10. The second-order valence-electron chi connectivity index (χ2n) is 18.1. The van der Waals surface area contributed by atoms with Crippen molar-refractivity contribution in [1.82, 2.24) is 9.97 Å². The van der Waals surface area contributed by atoms with E-state index in [1.807, 2.05) is 12.1 Å². The van der Waals surface area contributed by atoms with Crippen LogP contribution in [0.1, 0.15) is 120 Å². The maximum atomic E-state index is 14.2. The van der Waals surface area contributed by atoms with E-state index < -0.39 is 23.5 Å². The molecule has 4 heterocycles. The number of aromatic nitrogens is 2. The zero-order chi connectivity index (χ0) is 46.0. The summed E-state index contributed by atoms with van der Waals surface area (Å²) in [6.07, 6.45) is 10.5. The number of nitriles is 2. The topological polar surface area (TPSA) is 110 Å². The lowest BCUT2D eigenvalue weighted by Crippen LogP contribution is -2.34. The van der Waals surface area contributed by atoms with Gasteiger partial charge in [-0.2, -0.15) is 14.9 Å². The molecule has 2 saturated heterocycles. The van der Waals surface area contributed by atoms with Crippen LogP contribution in [-0.2, 0) is 31.8 Å². The molecule has 2 aromatic heterocycles. The number of rotatable bonds is 13. The fourth-order valence-corrected chi connectivity index (χ4v) is 7.49. The largest absolute Gasteiger partial charge is 0.353 e. The number of halogens is 5. The van der Waals surface area contributed by atoms with Crippen molar-refractivity contribution in [2.24, 2.45) is 22.7 Å². The van der Waals surface area contributed by atoms with E-state index in [0.717, 1.165) is 56.4 Å². The van der Waals surface area contributed by atoms with E-state index in [1.165, 1.54) is 30.8 Å². The van der Waals surface area contributed by atoms with Gasteiger partial charge in [0.1, 0.15) is 11.6 Å². The summed E-state index contributed by atoms with van der Waals surface area (Å²) in [6.45, 7) is 15.4. The summed E-state index contributed by atoms with van der Waals surface area (Å²) in [5.74, 6) is -1.57. The molecule has 2 aliphatic heterocycles. The van der Waals surface area contributed by atoms with Crippen LogP contribution in [0.3, 0.4) is 0 Å². The van der Waals surface area contributed by atoms with Crippen LogP contribution in [0.25, 0.3) is 0 Å². The second kappa shape index (κ2) is 25.4. The lowest BCUT2D eigenvalue weighted by molar-refractivity contribution is -0.174. The molecule has 0 aliphatic carbocycles. The summed E-state index contributed by atoms with van der Waals surface area (Å²) in [6, 6.07) is 21.1. The first-order valence-corrected chi connectivity index (χ1v) is 22.4. The highest BCUT2D eigenvalue weighted by atomic mass is 35.5. The van der Waals surface area contributed by atoms with Gasteiger partial charge in [-0.05, 0) is 95.9 Å². The molecular weight excluding hydrogens is 848 g/mol. The Kier molecular flexibility index (Phi) is 20.8. The molecule has 63 heavy (non-hydrogen) atoms. The summed E-state index contributed by atoms with van der Waals surface area (Å²) in [4.78, 5) is 8.07. The van der Waals surface area contributed by atoms with Crippen molar-refractivity contribution in [3.05, 3.63) is 129 Å². The molecule has 340 valence electrons. The summed E-state index contributed by atoms with van der Waals surface area (Å²) in [7, 11) is 0. The molecular formula is C50H61Cl2F3N4O4. The predicted molar refractivity (Wildman–Crippen MR) is 240 cm³/mol. The van der Waals surface area contributed by atoms with Gasteiger partial charge in [-0.15, -0.1) is 0 Å². The first kappa shape index (κ1) is 51.6. The molecule has 5 atom stereocenters. The Bertz CT molecular complexity index is 2070. The van der Waals surface area contributed by atoms with Gasteiger partial charge in [0.15, 0.2) is 12.6 Å². The smallest absolute Gasteiger partial charge is 0.212 e. The van der Waals surface area contributed by atoms with Gasteiger partial charge in [-0.1, -0.05) is 101 Å². The van der Waals surface area contributed by atoms with Crippen LogP contribution in [0, 0.1) is 62.9 Å². The summed E-state index contributed by atoms with van der Waals surface area (Å²) < 4.78 is 63.3. The van der Waals surface area contributed by atoms with E-state index in [9.17, 15) is 18.4 Å². The normalized spacial score (nSPS) is 18.0. The monoisotopic (exact) mass is 908 g/mol. The number of hydrogen-bond donors (Lipinski definition) is 0. The summed E-state index contributed by atoms with van der Waals surface area (Å²) >= 11 is 11.5. The van der Waals surface area contributed by atoms with Crippen LogP contribution in [0.15, 0.2) is 73.1 Å². The molecule has 2 aliphatic rings. The molecule has 4 aromatic rings. The van der Waals surface area contributed by atoms with Crippen molar-refractivity contribution in [2.45, 2.75) is 118 Å². The number of ether oxygens (including phenoxy) is 4. The van der Waals surface area contributed by atoms with Crippen LogP contribution in [0.2, 0.25) is 10.0 Å². The van der Waals surface area contributed by atoms with E-state index in [2.05, 4.69) is 63.6 Å². The van der Waals surface area contributed by atoms with Gasteiger partial charge in [0.05, 0.1) is 47.0 Å². The Morgan fingerprint density at radius 2 is 1.22 bits per heavy atom. The number of pyridine rings is 2. The van der Waals surface area contributed by atoms with E-state index in [0.29, 0.717) is 49.3 Å². The molecule has 2 fully saturated rings. The SMILES string of the molecule is CC(C)(C)[C@@H](COC1CCCCO1)C(C#N)c1ccc(Cc2cccc(Cl)c2F)cn1.CC(C)(C)[C@H](CC#N)COC1CCCCO1.Fc1ccc(Cc2cccc(Cl)c2F)cn1. The van der Waals surface area contributed by atoms with E-state index >= 15 is 0 Å². The van der Waals surface area contributed by atoms with Crippen LogP contribution in [-0.4, -0.2) is 49.0 Å². The van der Waals surface area contributed by atoms with Crippen molar-refractivity contribution in [3.8, 4) is 12.1 Å². The minimum absolute atomic E-state index is 0.0442. The van der Waals surface area contributed by atoms with Gasteiger partial charge < -0.3 is 18.9 Å². The third kappa shape index (κ3) is 17.1. The van der Waals surface area contributed by atoms with Crippen molar-refractivity contribution in [3.63, 3.8) is 0 Å². The zero-order valence-corrected chi connectivity index (χ0v) is 38.8. The maximum Gasteiger partial charge on any atom is 0.212 e. The molecule has 0 radical (unpaired) electrons. The molecule has 0 saturated carbocycles. The average Bonchev–Trinajstić information content (AvgIpc) is 3.26. The Balaban J connectivity index is 0.000000229. The minimum atomic E-state index is -0.546. The minimum Gasteiger partial charge on any atom is -0.353 e. The van der Waals surface area contributed by atoms with Crippen molar-refractivity contribution in [2.75, 3.05) is 26.4 Å². The quantitative estimate of drug-likeness (QED) is 0.122. The third-order valence-corrected chi connectivity index (χ3v) is 11.8. The number of hydrogen-bond acceptors (Lipinski definition) is 8. The maximum absolute atomic E-state index is 14.2. The van der Waals surface area contributed by atoms with Gasteiger partial charge in [0, 0.05) is 56.7 Å². The highest BCUT2D eigenvalue weighted by Gasteiger charge is 2.35. The van der Waals surface area contributed by atoms with Gasteiger partial charge in [-0.25, -0.2) is 13.8 Å². The van der Waals surface area contributed by atoms with Crippen LogP contribution >= 0.6 is 23.2 Å². The zero-order valence-electron chi connectivity index (χ0n) is 37.3. The molecule has 8 nitrogen and oxygen atoms in total. The van der Waals surface area contributed by atoms with Gasteiger partial charge in [0.2, 0.25) is 5.95 Å². The Labute approximate surface area is 382 Å². The molecule has 0 bridgehead atoms. The average molecular weight is 910 g/mol. The fraction of sp³-hybridized carbons (Fsp3) is 0.520. The van der Waals surface area contributed by atoms with Crippen molar-refractivity contribution >= 4 is 23.2 Å². The summed E-state index contributed by atoms with van der Waals surface area (Å²) in [5.41, 5.74) is 3.26. The molecule has 0 amide bonds. The van der Waals surface area contributed by atoms with Gasteiger partial charge in [-0.3, -0.25) is 4.98 Å². The van der Waals surface area contributed by atoms with Crippen LogP contribution < -0.4 is 0 Å². The third-order valence-electron chi connectivity index (χ3n) is 11.2. The molecule has 0 N–H and O–H groups in total. The van der Waals surface area contributed by atoms with Crippen molar-refractivity contribution < 1.29 is 32.1 Å². The number of nitrogens with zero attached hydrogens (tertiary/aromatic N) is 4. The molecule has 0 spiro atoms. The highest BCUT2D eigenvalue weighted by Crippen LogP contribution is 2.38. The van der Waals surface area contributed by atoms with Crippen LogP contribution in [0.4, 0.5) is 13.2 Å². The van der Waals surface area contributed by atoms with Crippen LogP contribution in [0.5, 0.6) is 0 Å². The predicted octanol–water partition coefficient (Wildman–Crippen LogP) is 13.0. The Hall–Kier alpha value is -4.07. The first-order chi connectivity index (χ1) is 30.0. The number of benzene rings is 2. The van der Waals surface area contributed by atoms with Crippen molar-refractivity contribution in [1.29, 1.82) is 10.5 Å². The van der Waals surface area contributed by atoms with E-state index in [1.54, 1.807) is 36.5 Å². The Morgan fingerprint density at radius 1 is 0.698 bits per heavy atom. The van der Waals surface area contributed by atoms with Gasteiger partial charge >= 0.3 is 0 Å². The standard InChI is InChI=1S/C25H30ClFN2O2.C13H23NO2.C12H8ClF2N/c1-25(2,3)20(16-31-23-9-4-5-12-30-23)19(14-28)22-11-10-17(15-29-22)13-18-7-6-8-21(26)24(18)27;1-13(2,3)11(7-8-14)10-16-12-6-4-5-9-15-12;13-10-3-1-2-9(12(10)15)6-8-4-5-11(14)16-7-8/h6-8,10-11,15,19-20,23H,4-5,9,12-13,16H2,1-3H3;11-12H,4-7,9-10H2,1-3H3;1-5,7H,6H2/t19?,20-,23?;11-,12?;/m01./s1. The highest BCUT2D eigenvalue weighted by molar-refractivity contribution is 6.31.